The molecule has 182 valence electrons. The summed E-state index contributed by atoms with van der Waals surface area (Å²) in [6, 6.07) is 12.2. The number of fused-ring (bicyclic) bond motifs is 1. The van der Waals surface area contributed by atoms with E-state index in [9.17, 15) is 9.59 Å². The first-order chi connectivity index (χ1) is 16.5. The Morgan fingerprint density at radius 2 is 1.91 bits per heavy atom. The lowest BCUT2D eigenvalue weighted by atomic mass is 9.93. The highest BCUT2D eigenvalue weighted by Gasteiger charge is 2.24. The third-order valence-corrected chi connectivity index (χ3v) is 5.11. The Balaban J connectivity index is 1.68. The van der Waals surface area contributed by atoms with Crippen molar-refractivity contribution < 1.29 is 38.9 Å². The van der Waals surface area contributed by atoms with Gasteiger partial charge < -0.3 is 24.1 Å². The third kappa shape index (κ3) is 7.12. The van der Waals surface area contributed by atoms with E-state index < -0.39 is 18.1 Å². The Labute approximate surface area is 197 Å². The molecule has 0 fully saturated rings. The summed E-state index contributed by atoms with van der Waals surface area (Å²) in [4.78, 5) is 23.9. The second-order valence-electron chi connectivity index (χ2n) is 7.59. The van der Waals surface area contributed by atoms with Crippen molar-refractivity contribution in [2.45, 2.75) is 25.9 Å². The minimum absolute atomic E-state index is 0.0909. The summed E-state index contributed by atoms with van der Waals surface area (Å²) in [5.74, 6) is 1.03. The molecule has 0 saturated heterocycles. The molecule has 4 N–H and O–H groups in total. The molecule has 3 rings (SSSR count). The number of allylic oxidation sites excluding steroid dienone is 1. The molecule has 0 spiro atoms. The fraction of sp³-hybridized carbons (Fsp3) is 0.333. The van der Waals surface area contributed by atoms with Crippen LogP contribution in [0.25, 0.3) is 0 Å². The average Bonchev–Trinajstić information content (AvgIpc) is 3.32. The Morgan fingerprint density at radius 1 is 1.15 bits per heavy atom. The zero-order valence-corrected chi connectivity index (χ0v) is 18.7. The number of hydrogen-bond acceptors (Lipinski definition) is 8. The number of aliphatic hydroxyl groups is 1. The van der Waals surface area contributed by atoms with Gasteiger partial charge in [0.1, 0.15) is 18.5 Å². The summed E-state index contributed by atoms with van der Waals surface area (Å²) in [6.45, 7) is 2.16. The molecule has 0 bridgehead atoms. The van der Waals surface area contributed by atoms with Crippen LogP contribution in [0.15, 0.2) is 54.6 Å². The maximum Gasteiger partial charge on any atom is 0.412 e. The number of ether oxygens (including phenoxy) is 4. The van der Waals surface area contributed by atoms with Crippen molar-refractivity contribution in [1.29, 1.82) is 0 Å². The van der Waals surface area contributed by atoms with Gasteiger partial charge in [-0.25, -0.2) is 10.3 Å². The SMILES string of the molecule is C[C@@H](CC/C=C/C(=O)NO)[C@@H](OC(=O)Nc1ccc2c(c1)OCO2)c1ccc(OCCO)cc1. The summed E-state index contributed by atoms with van der Waals surface area (Å²) >= 11 is 0. The quantitative estimate of drug-likeness (QED) is 0.221. The van der Waals surface area contributed by atoms with Crippen molar-refractivity contribution in [1.82, 2.24) is 5.48 Å². The summed E-state index contributed by atoms with van der Waals surface area (Å²) in [6.07, 6.45) is 2.81. The van der Waals surface area contributed by atoms with Gasteiger partial charge in [-0.15, -0.1) is 0 Å². The molecule has 0 radical (unpaired) electrons. The second kappa shape index (κ2) is 12.5. The number of nitrogens with one attached hydrogen (secondary N) is 2. The third-order valence-electron chi connectivity index (χ3n) is 5.11. The van der Waals surface area contributed by atoms with E-state index in [0.717, 1.165) is 5.56 Å². The molecule has 2 aromatic carbocycles. The van der Waals surface area contributed by atoms with Gasteiger partial charge in [0.25, 0.3) is 5.91 Å². The molecular formula is C24H28N2O8. The number of hydrogen-bond donors (Lipinski definition) is 4. The Bertz CT molecular complexity index is 993. The predicted octanol–water partition coefficient (Wildman–Crippen LogP) is 3.55. The first-order valence-corrected chi connectivity index (χ1v) is 10.8. The summed E-state index contributed by atoms with van der Waals surface area (Å²) in [5.41, 5.74) is 2.81. The fourth-order valence-corrected chi connectivity index (χ4v) is 3.41. The van der Waals surface area contributed by atoms with Crippen LogP contribution < -0.4 is 25.0 Å². The van der Waals surface area contributed by atoms with E-state index in [1.165, 1.54) is 11.6 Å². The standard InChI is InChI=1S/C24H28N2O8/c1-16(4-2-3-5-22(28)26-30)23(17-6-9-19(10-7-17)31-13-12-27)34-24(29)25-18-8-11-20-21(14-18)33-15-32-20/h3,5-11,14,16,23,27,30H,2,4,12-13,15H2,1H3,(H,25,29)(H,26,28)/b5-3+/t16-,23+/m0/s1. The second-order valence-corrected chi connectivity index (χ2v) is 7.59. The largest absolute Gasteiger partial charge is 0.491 e. The van der Waals surface area contributed by atoms with Crippen molar-refractivity contribution in [3.05, 3.63) is 60.2 Å². The van der Waals surface area contributed by atoms with Gasteiger partial charge in [0.15, 0.2) is 11.5 Å². The summed E-state index contributed by atoms with van der Waals surface area (Å²) < 4.78 is 21.8. The van der Waals surface area contributed by atoms with Gasteiger partial charge in [-0.1, -0.05) is 25.1 Å². The van der Waals surface area contributed by atoms with Crippen LogP contribution in [0.3, 0.4) is 0 Å². The van der Waals surface area contributed by atoms with Crippen LogP contribution in [0.5, 0.6) is 17.2 Å². The zero-order valence-electron chi connectivity index (χ0n) is 18.7. The highest BCUT2D eigenvalue weighted by molar-refractivity contribution is 5.86. The number of rotatable bonds is 11. The molecular weight excluding hydrogens is 444 g/mol. The smallest absolute Gasteiger partial charge is 0.412 e. The van der Waals surface area contributed by atoms with Crippen LogP contribution in [0.4, 0.5) is 10.5 Å². The topological polar surface area (TPSA) is 136 Å². The van der Waals surface area contributed by atoms with Crippen LogP contribution in [-0.2, 0) is 9.53 Å². The van der Waals surface area contributed by atoms with Gasteiger partial charge in [0.05, 0.1) is 6.61 Å². The van der Waals surface area contributed by atoms with E-state index in [1.807, 2.05) is 6.92 Å². The monoisotopic (exact) mass is 472 g/mol. The summed E-state index contributed by atoms with van der Waals surface area (Å²) in [5, 5.41) is 20.2. The number of amides is 2. The number of carbonyl (C=O) groups excluding carboxylic acids is 2. The van der Waals surface area contributed by atoms with E-state index in [0.29, 0.717) is 35.8 Å². The van der Waals surface area contributed by atoms with E-state index in [-0.39, 0.29) is 25.9 Å². The first-order valence-electron chi connectivity index (χ1n) is 10.8. The van der Waals surface area contributed by atoms with Crippen LogP contribution >= 0.6 is 0 Å². The minimum Gasteiger partial charge on any atom is -0.491 e. The Hall–Kier alpha value is -3.76. The Kier molecular flexibility index (Phi) is 9.12. The van der Waals surface area contributed by atoms with Crippen molar-refractivity contribution >= 4 is 17.7 Å². The zero-order chi connectivity index (χ0) is 24.3. The molecule has 2 aromatic rings. The maximum absolute atomic E-state index is 12.7. The molecule has 2 atom stereocenters. The van der Waals surface area contributed by atoms with Gasteiger partial charge in [-0.2, -0.15) is 0 Å². The highest BCUT2D eigenvalue weighted by Crippen LogP contribution is 2.35. The normalized spacial score (nSPS) is 13.9. The first kappa shape index (κ1) is 24.9. The lowest BCUT2D eigenvalue weighted by Gasteiger charge is -2.25. The number of hydroxylamine groups is 1. The molecule has 2 amide bonds. The van der Waals surface area contributed by atoms with Gasteiger partial charge in [-0.05, 0) is 48.6 Å². The molecule has 0 aliphatic carbocycles. The van der Waals surface area contributed by atoms with Crippen LogP contribution in [0.2, 0.25) is 0 Å². The molecule has 0 unspecified atom stereocenters. The number of aliphatic hydroxyl groups excluding tert-OH is 1. The van der Waals surface area contributed by atoms with E-state index in [1.54, 1.807) is 48.5 Å². The van der Waals surface area contributed by atoms with Gasteiger partial charge in [-0.3, -0.25) is 15.3 Å². The van der Waals surface area contributed by atoms with Gasteiger partial charge in [0.2, 0.25) is 6.79 Å². The Morgan fingerprint density at radius 3 is 2.65 bits per heavy atom. The average molecular weight is 472 g/mol. The molecule has 10 nitrogen and oxygen atoms in total. The van der Waals surface area contributed by atoms with E-state index in [4.69, 9.17) is 29.3 Å². The predicted molar refractivity (Wildman–Crippen MR) is 122 cm³/mol. The van der Waals surface area contributed by atoms with Crippen molar-refractivity contribution in [2.24, 2.45) is 5.92 Å². The molecule has 1 heterocycles. The van der Waals surface area contributed by atoms with Crippen LogP contribution in [-0.4, -0.2) is 42.3 Å². The fourth-order valence-electron chi connectivity index (χ4n) is 3.41. The van der Waals surface area contributed by atoms with Crippen LogP contribution in [0.1, 0.15) is 31.4 Å². The van der Waals surface area contributed by atoms with Crippen molar-refractivity contribution in [3.63, 3.8) is 0 Å². The molecule has 10 heteroatoms. The number of carbonyl (C=O) groups is 2. The van der Waals surface area contributed by atoms with Crippen molar-refractivity contribution in [3.8, 4) is 17.2 Å². The molecule has 34 heavy (non-hydrogen) atoms. The van der Waals surface area contributed by atoms with E-state index >= 15 is 0 Å². The number of anilines is 1. The molecule has 1 aliphatic heterocycles. The van der Waals surface area contributed by atoms with Gasteiger partial charge in [0, 0.05) is 17.8 Å². The maximum atomic E-state index is 12.7. The van der Waals surface area contributed by atoms with Crippen molar-refractivity contribution in [2.75, 3.05) is 25.3 Å². The molecule has 1 aliphatic rings. The van der Waals surface area contributed by atoms with Crippen LogP contribution in [0, 0.1) is 5.92 Å². The molecule has 0 saturated carbocycles. The lowest BCUT2D eigenvalue weighted by molar-refractivity contribution is -0.124. The molecule has 0 aromatic heterocycles. The lowest BCUT2D eigenvalue weighted by Crippen LogP contribution is -2.22. The number of benzene rings is 2. The highest BCUT2D eigenvalue weighted by atomic mass is 16.7. The van der Waals surface area contributed by atoms with E-state index in [2.05, 4.69) is 5.32 Å². The minimum atomic E-state index is -0.633. The van der Waals surface area contributed by atoms with Gasteiger partial charge >= 0.3 is 6.09 Å². The summed E-state index contributed by atoms with van der Waals surface area (Å²) in [7, 11) is 0.